The van der Waals surface area contributed by atoms with E-state index in [1.807, 2.05) is 51.1 Å². The van der Waals surface area contributed by atoms with E-state index in [-0.39, 0.29) is 23.8 Å². The van der Waals surface area contributed by atoms with Crippen LogP contribution < -0.4 is 9.62 Å². The minimum absolute atomic E-state index is 0.0370. The van der Waals surface area contributed by atoms with Crippen molar-refractivity contribution in [2.24, 2.45) is 0 Å². The van der Waals surface area contributed by atoms with E-state index in [0.29, 0.717) is 21.3 Å². The van der Waals surface area contributed by atoms with Crippen molar-refractivity contribution in [1.29, 1.82) is 0 Å². The summed E-state index contributed by atoms with van der Waals surface area (Å²) < 4.78 is 30.1. The van der Waals surface area contributed by atoms with Gasteiger partial charge in [0.1, 0.15) is 12.6 Å². The molecule has 0 aliphatic heterocycles. The maximum atomic E-state index is 14.5. The topological polar surface area (TPSA) is 86.8 Å². The van der Waals surface area contributed by atoms with Gasteiger partial charge < -0.3 is 10.2 Å². The number of carbonyl (C=O) groups is 2. The fourth-order valence-corrected chi connectivity index (χ4v) is 6.96. The molecule has 2 amide bonds. The number of rotatable bonds is 11. The first-order chi connectivity index (χ1) is 21.2. The Morgan fingerprint density at radius 3 is 2.04 bits per heavy atom. The van der Waals surface area contributed by atoms with Crippen LogP contribution in [0.15, 0.2) is 108 Å². The maximum absolute atomic E-state index is 14.5. The summed E-state index contributed by atoms with van der Waals surface area (Å²) >= 11 is 14.9. The molecule has 0 aliphatic carbocycles. The number of halogens is 3. The van der Waals surface area contributed by atoms with Crippen LogP contribution in [0, 0.1) is 3.57 Å². The molecule has 7 nitrogen and oxygen atoms in total. The van der Waals surface area contributed by atoms with Gasteiger partial charge in [0, 0.05) is 32.1 Å². The Hall–Kier alpha value is -3.12. The highest BCUT2D eigenvalue weighted by atomic mass is 127. The summed E-state index contributed by atoms with van der Waals surface area (Å²) in [6.45, 7) is 4.96. The summed E-state index contributed by atoms with van der Waals surface area (Å²) in [5.74, 6) is -0.958. The SMILES string of the molecule is CC(C)(C)NC(=O)[C@@H](Cc1ccccc1)N(Cc1ccc(Cl)cc1Cl)C(=O)CN(c1ccc(I)cc1)S(=O)(=O)c1ccccc1. The number of sulfonamides is 1. The van der Waals surface area contributed by atoms with Crippen molar-refractivity contribution in [1.82, 2.24) is 10.2 Å². The lowest BCUT2D eigenvalue weighted by Gasteiger charge is -2.35. The van der Waals surface area contributed by atoms with Crippen LogP contribution in [0.25, 0.3) is 0 Å². The first-order valence-electron chi connectivity index (χ1n) is 14.2. The summed E-state index contributed by atoms with van der Waals surface area (Å²) in [4.78, 5) is 29.9. The van der Waals surface area contributed by atoms with Gasteiger partial charge in [-0.05, 0) is 103 Å². The average molecular weight is 779 g/mol. The number of anilines is 1. The Morgan fingerprint density at radius 1 is 0.867 bits per heavy atom. The number of hydrogen-bond acceptors (Lipinski definition) is 4. The molecule has 1 N–H and O–H groups in total. The summed E-state index contributed by atoms with van der Waals surface area (Å²) in [7, 11) is -4.18. The Morgan fingerprint density at radius 2 is 1.47 bits per heavy atom. The fraction of sp³-hybridized carbons (Fsp3) is 0.235. The van der Waals surface area contributed by atoms with Gasteiger partial charge >= 0.3 is 0 Å². The molecule has 4 aromatic carbocycles. The van der Waals surface area contributed by atoms with E-state index in [1.54, 1.807) is 60.7 Å². The average Bonchev–Trinajstić information content (AvgIpc) is 2.99. The molecule has 0 spiro atoms. The van der Waals surface area contributed by atoms with Crippen LogP contribution in [-0.4, -0.2) is 43.3 Å². The van der Waals surface area contributed by atoms with Crippen LogP contribution in [0.5, 0.6) is 0 Å². The number of nitrogens with zero attached hydrogens (tertiary/aromatic N) is 2. The highest BCUT2D eigenvalue weighted by molar-refractivity contribution is 14.1. The molecule has 11 heteroatoms. The number of amides is 2. The largest absolute Gasteiger partial charge is 0.350 e. The van der Waals surface area contributed by atoms with Gasteiger partial charge in [-0.25, -0.2) is 8.42 Å². The highest BCUT2D eigenvalue weighted by Gasteiger charge is 2.35. The second-order valence-electron chi connectivity index (χ2n) is 11.5. The second kappa shape index (κ2) is 15.0. The Kier molecular flexibility index (Phi) is 11.6. The van der Waals surface area contributed by atoms with Crippen molar-refractivity contribution >= 4 is 73.3 Å². The van der Waals surface area contributed by atoms with E-state index in [9.17, 15) is 18.0 Å². The summed E-state index contributed by atoms with van der Waals surface area (Å²) in [5, 5.41) is 3.76. The van der Waals surface area contributed by atoms with E-state index in [1.165, 1.54) is 17.0 Å². The van der Waals surface area contributed by atoms with Gasteiger partial charge in [-0.3, -0.25) is 13.9 Å². The van der Waals surface area contributed by atoms with E-state index in [0.717, 1.165) is 13.4 Å². The molecule has 1 atom stereocenters. The molecule has 0 aliphatic rings. The summed E-state index contributed by atoms with van der Waals surface area (Å²) in [6, 6.07) is 28.1. The third-order valence-electron chi connectivity index (χ3n) is 6.85. The lowest BCUT2D eigenvalue weighted by molar-refractivity contribution is -0.140. The molecule has 4 rings (SSSR count). The molecule has 4 aromatic rings. The predicted molar refractivity (Wildman–Crippen MR) is 189 cm³/mol. The first-order valence-corrected chi connectivity index (χ1v) is 17.4. The van der Waals surface area contributed by atoms with E-state index >= 15 is 0 Å². The zero-order chi connectivity index (χ0) is 32.8. The molecular weight excluding hydrogens is 744 g/mol. The Labute approximate surface area is 288 Å². The minimum Gasteiger partial charge on any atom is -0.350 e. The number of hydrogen-bond donors (Lipinski definition) is 1. The van der Waals surface area contributed by atoms with Crippen LogP contribution in [0.1, 0.15) is 31.9 Å². The first kappa shape index (κ1) is 34.7. The fourth-order valence-electron chi connectivity index (χ4n) is 4.70. The maximum Gasteiger partial charge on any atom is 0.264 e. The zero-order valence-corrected chi connectivity index (χ0v) is 29.6. The zero-order valence-electron chi connectivity index (χ0n) is 25.1. The summed E-state index contributed by atoms with van der Waals surface area (Å²) in [5.41, 5.74) is 1.11. The number of nitrogens with one attached hydrogen (secondary N) is 1. The quantitative estimate of drug-likeness (QED) is 0.162. The van der Waals surface area contributed by atoms with Crippen molar-refractivity contribution in [3.63, 3.8) is 0 Å². The molecule has 236 valence electrons. The second-order valence-corrected chi connectivity index (χ2v) is 15.5. The van der Waals surface area contributed by atoms with Crippen molar-refractivity contribution in [2.75, 3.05) is 10.8 Å². The Balaban J connectivity index is 1.83. The van der Waals surface area contributed by atoms with Crippen molar-refractivity contribution < 1.29 is 18.0 Å². The standard InChI is InChI=1S/C34H34Cl2IN3O4S/c1-34(2,3)38-33(42)31(20-24-10-6-4-7-11-24)39(22-25-14-15-26(35)21-30(25)36)32(41)23-40(28-18-16-27(37)17-19-28)45(43,44)29-12-8-5-9-13-29/h4-19,21,31H,20,22-23H2,1-3H3,(H,38,42)/t31-/m1/s1. The minimum atomic E-state index is -4.18. The van der Waals surface area contributed by atoms with Crippen molar-refractivity contribution in [2.45, 2.75) is 50.2 Å². The molecule has 0 unspecified atom stereocenters. The smallest absolute Gasteiger partial charge is 0.264 e. The van der Waals surface area contributed by atoms with Gasteiger partial charge in [0.05, 0.1) is 10.6 Å². The third-order valence-corrected chi connectivity index (χ3v) is 9.94. The molecule has 0 saturated heterocycles. The van der Waals surface area contributed by atoms with Crippen molar-refractivity contribution in [3.05, 3.63) is 128 Å². The van der Waals surface area contributed by atoms with Crippen molar-refractivity contribution in [3.8, 4) is 0 Å². The summed E-state index contributed by atoms with van der Waals surface area (Å²) in [6.07, 6.45) is 0.189. The van der Waals surface area contributed by atoms with Gasteiger partial charge in [0.25, 0.3) is 10.0 Å². The number of benzene rings is 4. The normalized spacial score (nSPS) is 12.3. The van der Waals surface area contributed by atoms with Crippen LogP contribution >= 0.6 is 45.8 Å². The number of carbonyl (C=O) groups excluding carboxylic acids is 2. The van der Waals surface area contributed by atoms with Crippen LogP contribution in [-0.2, 0) is 32.6 Å². The molecular formula is C34H34Cl2IN3O4S. The van der Waals surface area contributed by atoms with Gasteiger partial charge in [-0.1, -0.05) is 77.8 Å². The van der Waals surface area contributed by atoms with E-state index in [2.05, 4.69) is 27.9 Å². The van der Waals surface area contributed by atoms with Gasteiger partial charge in [-0.15, -0.1) is 0 Å². The van der Waals surface area contributed by atoms with Gasteiger partial charge in [-0.2, -0.15) is 0 Å². The molecule has 0 heterocycles. The molecule has 0 radical (unpaired) electrons. The predicted octanol–water partition coefficient (Wildman–Crippen LogP) is 7.35. The van der Waals surface area contributed by atoms with Crippen LogP contribution in [0.2, 0.25) is 10.0 Å². The van der Waals surface area contributed by atoms with Gasteiger partial charge in [0.2, 0.25) is 11.8 Å². The van der Waals surface area contributed by atoms with Crippen LogP contribution in [0.3, 0.4) is 0 Å². The van der Waals surface area contributed by atoms with Crippen LogP contribution in [0.4, 0.5) is 5.69 Å². The van der Waals surface area contributed by atoms with Gasteiger partial charge in [0.15, 0.2) is 0 Å². The molecule has 45 heavy (non-hydrogen) atoms. The molecule has 0 saturated carbocycles. The lowest BCUT2D eigenvalue weighted by atomic mass is 10.0. The van der Waals surface area contributed by atoms with E-state index in [4.69, 9.17) is 23.2 Å². The monoisotopic (exact) mass is 777 g/mol. The molecule has 0 bridgehead atoms. The molecule has 0 fully saturated rings. The third kappa shape index (κ3) is 9.45. The lowest BCUT2D eigenvalue weighted by Crippen LogP contribution is -2.56. The molecule has 0 aromatic heterocycles. The highest BCUT2D eigenvalue weighted by Crippen LogP contribution is 2.28. The Bertz CT molecular complexity index is 1730. The van der Waals surface area contributed by atoms with E-state index < -0.39 is 34.1 Å².